The van der Waals surface area contributed by atoms with Crippen LogP contribution in [0.1, 0.15) is 5.01 Å². The van der Waals surface area contributed by atoms with E-state index in [-0.39, 0.29) is 30.2 Å². The summed E-state index contributed by atoms with van der Waals surface area (Å²) in [6, 6.07) is 1.50. The lowest BCUT2D eigenvalue weighted by Gasteiger charge is -2.34. The minimum atomic E-state index is -4.55. The molecular formula is C16H13F4N5O2S. The maximum atomic E-state index is 13.0. The molecule has 28 heavy (non-hydrogen) atoms. The number of alkyl halides is 4. The van der Waals surface area contributed by atoms with E-state index in [1.165, 1.54) is 33.3 Å². The van der Waals surface area contributed by atoms with Gasteiger partial charge in [0.25, 0.3) is 0 Å². The Morgan fingerprint density at radius 2 is 2.00 bits per heavy atom. The highest BCUT2D eigenvalue weighted by Crippen LogP contribution is 2.36. The van der Waals surface area contributed by atoms with E-state index >= 15 is 0 Å². The third-order valence-corrected chi connectivity index (χ3v) is 5.58. The van der Waals surface area contributed by atoms with E-state index in [1.54, 1.807) is 0 Å². The van der Waals surface area contributed by atoms with E-state index in [9.17, 15) is 27.2 Å². The van der Waals surface area contributed by atoms with Crippen molar-refractivity contribution in [3.8, 4) is 10.4 Å². The third-order valence-electron chi connectivity index (χ3n) is 4.49. The molecule has 1 fully saturated rings. The van der Waals surface area contributed by atoms with Gasteiger partial charge in [-0.15, -0.1) is 11.3 Å². The van der Waals surface area contributed by atoms with Crippen LogP contribution in [0, 0.1) is 0 Å². The molecule has 1 amide bonds. The van der Waals surface area contributed by atoms with Crippen LogP contribution in [0.25, 0.3) is 21.6 Å². The van der Waals surface area contributed by atoms with Crippen molar-refractivity contribution in [2.45, 2.75) is 18.9 Å². The second-order valence-corrected chi connectivity index (χ2v) is 7.45. The molecule has 3 aromatic rings. The standard InChI is InChI=1S/C16H13F4N5O2S/c1-23-13-10(25(15(23)27)7-12(26)24-5-9(17)6-24)2-8(3-21-13)11-4-22-14(28-11)16(18,19)20/h2-4,9H,5-7H2,1H3. The zero-order valence-corrected chi connectivity index (χ0v) is 15.2. The summed E-state index contributed by atoms with van der Waals surface area (Å²) < 4.78 is 53.8. The lowest BCUT2D eigenvalue weighted by atomic mass is 10.2. The van der Waals surface area contributed by atoms with Crippen LogP contribution in [0.3, 0.4) is 0 Å². The Labute approximate surface area is 158 Å². The van der Waals surface area contributed by atoms with Crippen LogP contribution in [-0.2, 0) is 24.6 Å². The van der Waals surface area contributed by atoms with Crippen LogP contribution < -0.4 is 5.69 Å². The van der Waals surface area contributed by atoms with Gasteiger partial charge in [0.1, 0.15) is 12.7 Å². The van der Waals surface area contributed by atoms with Crippen molar-refractivity contribution in [1.29, 1.82) is 0 Å². The molecule has 0 N–H and O–H groups in total. The Balaban J connectivity index is 1.73. The number of fused-ring (bicyclic) bond motifs is 1. The summed E-state index contributed by atoms with van der Waals surface area (Å²) in [5, 5.41) is -0.984. The van der Waals surface area contributed by atoms with Crippen molar-refractivity contribution < 1.29 is 22.4 Å². The number of aromatic nitrogens is 4. The number of halogens is 4. The van der Waals surface area contributed by atoms with Gasteiger partial charge in [-0.2, -0.15) is 13.2 Å². The quantitative estimate of drug-likeness (QED) is 0.614. The Morgan fingerprint density at radius 3 is 2.61 bits per heavy atom. The molecular weight excluding hydrogens is 402 g/mol. The fourth-order valence-corrected chi connectivity index (χ4v) is 3.73. The normalized spacial score (nSPS) is 15.2. The number of nitrogens with zero attached hydrogens (tertiary/aromatic N) is 5. The van der Waals surface area contributed by atoms with E-state index in [2.05, 4.69) is 9.97 Å². The van der Waals surface area contributed by atoms with Gasteiger partial charge in [0.15, 0.2) is 10.7 Å². The van der Waals surface area contributed by atoms with Crippen LogP contribution in [0.15, 0.2) is 23.3 Å². The Morgan fingerprint density at radius 1 is 1.29 bits per heavy atom. The molecule has 3 aromatic heterocycles. The highest BCUT2D eigenvalue weighted by molar-refractivity contribution is 7.15. The zero-order chi connectivity index (χ0) is 20.2. The molecule has 0 saturated carbocycles. The molecule has 0 radical (unpaired) electrons. The number of carbonyl (C=O) groups is 1. The van der Waals surface area contributed by atoms with E-state index in [4.69, 9.17) is 0 Å². The average Bonchev–Trinajstić information content (AvgIpc) is 3.19. The summed E-state index contributed by atoms with van der Waals surface area (Å²) in [4.78, 5) is 33.8. The van der Waals surface area contributed by atoms with Crippen molar-refractivity contribution in [3.63, 3.8) is 0 Å². The highest BCUT2D eigenvalue weighted by Gasteiger charge is 2.35. The molecule has 1 saturated heterocycles. The summed E-state index contributed by atoms with van der Waals surface area (Å²) >= 11 is 0.463. The van der Waals surface area contributed by atoms with Gasteiger partial charge in [0.05, 0.1) is 23.5 Å². The Bertz CT molecular complexity index is 1130. The number of pyridine rings is 1. The molecule has 0 spiro atoms. The first-order chi connectivity index (χ1) is 13.1. The number of likely N-dealkylation sites (tertiary alicyclic amines) is 1. The summed E-state index contributed by atoms with van der Waals surface area (Å²) in [5.74, 6) is -0.411. The van der Waals surface area contributed by atoms with Crippen LogP contribution in [0.2, 0.25) is 0 Å². The molecule has 4 rings (SSSR count). The largest absolute Gasteiger partial charge is 0.443 e. The number of imidazole rings is 1. The number of amides is 1. The topological polar surface area (TPSA) is 73.0 Å². The molecule has 148 valence electrons. The Kier molecular flexibility index (Phi) is 4.25. The molecule has 0 atom stereocenters. The maximum absolute atomic E-state index is 13.0. The lowest BCUT2D eigenvalue weighted by molar-refractivity contribution is -0.139. The average molecular weight is 415 g/mol. The molecule has 1 aliphatic rings. The van der Waals surface area contributed by atoms with Gasteiger partial charge < -0.3 is 4.90 Å². The molecule has 7 nitrogen and oxygen atoms in total. The van der Waals surface area contributed by atoms with E-state index < -0.39 is 29.0 Å². The molecule has 0 bridgehead atoms. The minimum Gasteiger partial charge on any atom is -0.335 e. The molecule has 0 unspecified atom stereocenters. The van der Waals surface area contributed by atoms with E-state index in [1.807, 2.05) is 0 Å². The number of carbonyl (C=O) groups excluding carboxylic acids is 1. The van der Waals surface area contributed by atoms with Gasteiger partial charge in [0.2, 0.25) is 5.91 Å². The first-order valence-corrected chi connectivity index (χ1v) is 8.97. The summed E-state index contributed by atoms with van der Waals surface area (Å²) in [6.07, 6.45) is -3.16. The van der Waals surface area contributed by atoms with E-state index in [0.717, 1.165) is 6.20 Å². The molecule has 4 heterocycles. The van der Waals surface area contributed by atoms with Crippen molar-refractivity contribution >= 4 is 28.4 Å². The summed E-state index contributed by atoms with van der Waals surface area (Å²) in [5.41, 5.74) is 0.442. The van der Waals surface area contributed by atoms with Gasteiger partial charge >= 0.3 is 11.9 Å². The van der Waals surface area contributed by atoms with Crippen LogP contribution in [0.4, 0.5) is 17.6 Å². The molecule has 0 aromatic carbocycles. The number of thiazole rings is 1. The van der Waals surface area contributed by atoms with Gasteiger partial charge in [-0.25, -0.2) is 19.2 Å². The number of hydrogen-bond donors (Lipinski definition) is 0. The van der Waals surface area contributed by atoms with Gasteiger partial charge in [-0.1, -0.05) is 0 Å². The summed E-state index contributed by atoms with van der Waals surface area (Å²) in [6.45, 7) is -0.323. The predicted octanol–water partition coefficient (Wildman–Crippen LogP) is 2.06. The SMILES string of the molecule is Cn1c(=O)n(CC(=O)N2CC(F)C2)c2cc(-c3cnc(C(F)(F)F)s3)cnc21. The van der Waals surface area contributed by atoms with Gasteiger partial charge in [0, 0.05) is 25.0 Å². The first kappa shape index (κ1) is 18.6. The van der Waals surface area contributed by atoms with Gasteiger partial charge in [-0.05, 0) is 6.07 Å². The van der Waals surface area contributed by atoms with Crippen molar-refractivity contribution in [3.05, 3.63) is 34.0 Å². The fourth-order valence-electron chi connectivity index (χ4n) is 2.97. The van der Waals surface area contributed by atoms with Crippen LogP contribution in [-0.4, -0.2) is 49.2 Å². The summed E-state index contributed by atoms with van der Waals surface area (Å²) in [7, 11) is 1.48. The molecule has 12 heteroatoms. The van der Waals surface area contributed by atoms with Gasteiger partial charge in [-0.3, -0.25) is 13.9 Å². The number of aryl methyl sites for hydroxylation is 1. The third kappa shape index (κ3) is 3.07. The zero-order valence-electron chi connectivity index (χ0n) is 14.4. The van der Waals surface area contributed by atoms with Crippen molar-refractivity contribution in [1.82, 2.24) is 24.0 Å². The highest BCUT2D eigenvalue weighted by atomic mass is 32.1. The smallest absolute Gasteiger partial charge is 0.335 e. The van der Waals surface area contributed by atoms with E-state index in [0.29, 0.717) is 22.4 Å². The first-order valence-electron chi connectivity index (χ1n) is 8.15. The number of rotatable bonds is 3. The van der Waals surface area contributed by atoms with Crippen LogP contribution >= 0.6 is 11.3 Å². The fraction of sp³-hybridized carbons (Fsp3) is 0.375. The van der Waals surface area contributed by atoms with Crippen molar-refractivity contribution in [2.75, 3.05) is 13.1 Å². The second-order valence-electron chi connectivity index (χ2n) is 6.42. The van der Waals surface area contributed by atoms with Crippen molar-refractivity contribution in [2.24, 2.45) is 7.05 Å². The lowest BCUT2D eigenvalue weighted by Crippen LogP contribution is -2.52. The van der Waals surface area contributed by atoms with Crippen LogP contribution in [0.5, 0.6) is 0 Å². The second kappa shape index (κ2) is 6.40. The monoisotopic (exact) mass is 415 g/mol. The predicted molar refractivity (Wildman–Crippen MR) is 92.6 cm³/mol. The maximum Gasteiger partial charge on any atom is 0.443 e. The minimum absolute atomic E-state index is 0.0110. The molecule has 1 aliphatic heterocycles. The molecule has 0 aliphatic carbocycles. The Hall–Kier alpha value is -2.76. The number of hydrogen-bond acceptors (Lipinski definition) is 5.